The number of anilines is 1. The summed E-state index contributed by atoms with van der Waals surface area (Å²) in [5.41, 5.74) is 2.56. The first kappa shape index (κ1) is 22.3. The van der Waals surface area contributed by atoms with Gasteiger partial charge in [0.05, 0.1) is 11.6 Å². The largest absolute Gasteiger partial charge is 0.416 e. The number of rotatable bonds is 7. The van der Waals surface area contributed by atoms with Crippen LogP contribution < -0.4 is 10.6 Å². The summed E-state index contributed by atoms with van der Waals surface area (Å²) in [4.78, 5) is 12.6. The second-order valence-corrected chi connectivity index (χ2v) is 8.45. The molecule has 3 rings (SSSR count). The van der Waals surface area contributed by atoms with Gasteiger partial charge in [-0.15, -0.1) is 0 Å². The fourth-order valence-corrected chi connectivity index (χ4v) is 3.75. The predicted molar refractivity (Wildman–Crippen MR) is 109 cm³/mol. The van der Waals surface area contributed by atoms with E-state index < -0.39 is 22.8 Å². The topological polar surface area (TPSA) is 78.4 Å². The van der Waals surface area contributed by atoms with Crippen LogP contribution in [-0.4, -0.2) is 20.5 Å². The van der Waals surface area contributed by atoms with Gasteiger partial charge in [-0.2, -0.15) is 13.2 Å². The van der Waals surface area contributed by atoms with Crippen molar-refractivity contribution in [3.63, 3.8) is 0 Å². The van der Waals surface area contributed by atoms with E-state index in [4.69, 9.17) is 4.55 Å². The SMILES string of the molecule is Cc1cc([C@@H](C)NC(=O)C2CC2c2ccc(C(F)(F)F)cc2)ccc1NCS(=O)O. The number of aryl methyl sites for hydroxylation is 1. The van der Waals surface area contributed by atoms with E-state index in [-0.39, 0.29) is 29.7 Å². The highest BCUT2D eigenvalue weighted by Crippen LogP contribution is 2.48. The number of carbonyl (C=O) groups is 1. The molecule has 0 aliphatic heterocycles. The van der Waals surface area contributed by atoms with E-state index in [2.05, 4.69) is 10.6 Å². The van der Waals surface area contributed by atoms with E-state index >= 15 is 0 Å². The van der Waals surface area contributed by atoms with Crippen molar-refractivity contribution in [2.24, 2.45) is 5.92 Å². The van der Waals surface area contributed by atoms with Crippen molar-refractivity contribution < 1.29 is 26.7 Å². The van der Waals surface area contributed by atoms with Gasteiger partial charge in [-0.3, -0.25) is 4.79 Å². The van der Waals surface area contributed by atoms with Gasteiger partial charge in [-0.1, -0.05) is 24.3 Å². The number of hydrogen-bond acceptors (Lipinski definition) is 3. The molecular formula is C21H23F3N2O3S. The Kier molecular flexibility index (Phi) is 6.52. The van der Waals surface area contributed by atoms with Crippen molar-refractivity contribution in [2.45, 2.75) is 38.4 Å². The Morgan fingerprint density at radius 3 is 2.47 bits per heavy atom. The van der Waals surface area contributed by atoms with Crippen LogP contribution in [-0.2, 0) is 22.1 Å². The molecule has 1 aliphatic rings. The van der Waals surface area contributed by atoms with Crippen LogP contribution in [0.15, 0.2) is 42.5 Å². The maximum Gasteiger partial charge on any atom is 0.416 e. The Hall–Kier alpha value is -2.39. The highest BCUT2D eigenvalue weighted by Gasteiger charge is 2.44. The first-order valence-corrected chi connectivity index (χ1v) is 10.7. The minimum atomic E-state index is -4.37. The van der Waals surface area contributed by atoms with Crippen molar-refractivity contribution in [1.82, 2.24) is 5.32 Å². The van der Waals surface area contributed by atoms with E-state index in [1.54, 1.807) is 6.07 Å². The van der Waals surface area contributed by atoms with Crippen molar-refractivity contribution in [2.75, 3.05) is 11.2 Å². The third kappa shape index (κ3) is 5.40. The van der Waals surface area contributed by atoms with Gasteiger partial charge in [-0.05, 0) is 61.1 Å². The van der Waals surface area contributed by atoms with Gasteiger partial charge in [0.1, 0.15) is 5.88 Å². The average Bonchev–Trinajstić information content (AvgIpc) is 3.47. The Bertz CT molecular complexity index is 948. The highest BCUT2D eigenvalue weighted by molar-refractivity contribution is 7.79. The minimum Gasteiger partial charge on any atom is -0.371 e. The fraction of sp³-hybridized carbons (Fsp3) is 0.381. The number of halogens is 3. The normalized spacial score (nSPS) is 20.3. The number of alkyl halides is 3. The molecule has 30 heavy (non-hydrogen) atoms. The van der Waals surface area contributed by atoms with Crippen LogP contribution in [0.25, 0.3) is 0 Å². The third-order valence-electron chi connectivity index (χ3n) is 5.29. The predicted octanol–water partition coefficient (Wildman–Crippen LogP) is 4.59. The Labute approximate surface area is 175 Å². The standard InChI is InChI=1S/C21H23F3N2O3S/c1-12-9-15(5-8-19(12)25-11-30(28)29)13(2)26-20(27)18-10-17(18)14-3-6-16(7-4-14)21(22,23)24/h3-9,13,17-18,25H,10-11H2,1-2H3,(H,26,27)(H,28,29)/t13-,17?,18?/m1/s1. The molecule has 1 saturated carbocycles. The lowest BCUT2D eigenvalue weighted by Crippen LogP contribution is -2.28. The Morgan fingerprint density at radius 2 is 1.90 bits per heavy atom. The van der Waals surface area contributed by atoms with Gasteiger partial charge in [0.2, 0.25) is 5.91 Å². The molecule has 0 heterocycles. The first-order chi connectivity index (χ1) is 14.1. The zero-order valence-electron chi connectivity index (χ0n) is 16.5. The van der Waals surface area contributed by atoms with Crippen LogP contribution in [0.2, 0.25) is 0 Å². The highest BCUT2D eigenvalue weighted by atomic mass is 32.2. The molecule has 0 aromatic heterocycles. The smallest absolute Gasteiger partial charge is 0.371 e. The molecule has 9 heteroatoms. The lowest BCUT2D eigenvalue weighted by atomic mass is 10.0. The maximum atomic E-state index is 12.7. The lowest BCUT2D eigenvalue weighted by molar-refractivity contribution is -0.137. The Morgan fingerprint density at radius 1 is 1.23 bits per heavy atom. The van der Waals surface area contributed by atoms with Crippen LogP contribution >= 0.6 is 0 Å². The van der Waals surface area contributed by atoms with Crippen molar-refractivity contribution >= 4 is 22.7 Å². The molecule has 0 saturated heterocycles. The van der Waals surface area contributed by atoms with Crippen LogP contribution in [0.5, 0.6) is 0 Å². The number of nitrogens with one attached hydrogen (secondary N) is 2. The van der Waals surface area contributed by atoms with E-state index in [1.807, 2.05) is 26.0 Å². The molecular weight excluding hydrogens is 417 g/mol. The third-order valence-corrected chi connectivity index (χ3v) is 5.68. The molecule has 1 aliphatic carbocycles. The fourth-order valence-electron chi connectivity index (χ4n) is 3.47. The molecule has 0 spiro atoms. The number of hydrogen-bond donors (Lipinski definition) is 3. The van der Waals surface area contributed by atoms with Crippen molar-refractivity contribution in [3.8, 4) is 0 Å². The second kappa shape index (κ2) is 8.77. The second-order valence-electron chi connectivity index (χ2n) is 7.52. The molecule has 3 unspecified atom stereocenters. The van der Waals surface area contributed by atoms with Gasteiger partial charge < -0.3 is 15.2 Å². The van der Waals surface area contributed by atoms with E-state index in [0.717, 1.165) is 34.5 Å². The van der Waals surface area contributed by atoms with Gasteiger partial charge in [0.25, 0.3) is 0 Å². The van der Waals surface area contributed by atoms with Gasteiger partial charge in [0, 0.05) is 11.6 Å². The van der Waals surface area contributed by atoms with E-state index in [0.29, 0.717) is 6.42 Å². The zero-order chi connectivity index (χ0) is 22.1. The summed E-state index contributed by atoms with van der Waals surface area (Å²) in [6, 6.07) is 10.3. The van der Waals surface area contributed by atoms with Gasteiger partial charge >= 0.3 is 6.18 Å². The molecule has 1 fully saturated rings. The van der Waals surface area contributed by atoms with Gasteiger partial charge in [0.15, 0.2) is 11.1 Å². The average molecular weight is 440 g/mol. The maximum absolute atomic E-state index is 12.7. The van der Waals surface area contributed by atoms with E-state index in [9.17, 15) is 22.2 Å². The summed E-state index contributed by atoms with van der Waals surface area (Å²) in [5.74, 6) is -0.500. The number of carbonyl (C=O) groups excluding carboxylic acids is 1. The Balaban J connectivity index is 1.57. The summed E-state index contributed by atoms with van der Waals surface area (Å²) in [6.45, 7) is 3.72. The monoisotopic (exact) mass is 440 g/mol. The zero-order valence-corrected chi connectivity index (χ0v) is 17.3. The van der Waals surface area contributed by atoms with E-state index in [1.165, 1.54) is 12.1 Å². The van der Waals surface area contributed by atoms with Crippen LogP contribution in [0.1, 0.15) is 47.6 Å². The summed E-state index contributed by atoms with van der Waals surface area (Å²) >= 11 is -1.94. The molecule has 3 N–H and O–H groups in total. The minimum absolute atomic E-state index is 0.0628. The number of benzene rings is 2. The summed E-state index contributed by atoms with van der Waals surface area (Å²) < 4.78 is 57.7. The first-order valence-electron chi connectivity index (χ1n) is 9.45. The molecule has 2 aromatic carbocycles. The van der Waals surface area contributed by atoms with Crippen LogP contribution in [0, 0.1) is 12.8 Å². The lowest BCUT2D eigenvalue weighted by Gasteiger charge is -2.17. The molecule has 2 aromatic rings. The van der Waals surface area contributed by atoms with Gasteiger partial charge in [-0.25, -0.2) is 4.21 Å². The number of amides is 1. The molecule has 1 amide bonds. The molecule has 162 valence electrons. The molecule has 5 nitrogen and oxygen atoms in total. The quantitative estimate of drug-likeness (QED) is 0.551. The molecule has 4 atom stereocenters. The van der Waals surface area contributed by atoms with Crippen LogP contribution in [0.3, 0.4) is 0 Å². The molecule has 0 bridgehead atoms. The summed E-state index contributed by atoms with van der Waals surface area (Å²) in [7, 11) is 0. The van der Waals surface area contributed by atoms with Crippen molar-refractivity contribution in [1.29, 1.82) is 0 Å². The summed E-state index contributed by atoms with van der Waals surface area (Å²) in [6.07, 6.45) is -3.75. The summed E-state index contributed by atoms with van der Waals surface area (Å²) in [5, 5.41) is 5.84. The van der Waals surface area contributed by atoms with Crippen molar-refractivity contribution in [3.05, 3.63) is 64.7 Å². The van der Waals surface area contributed by atoms with Crippen LogP contribution in [0.4, 0.5) is 18.9 Å². The molecule has 0 radical (unpaired) electrons.